The fraction of sp³-hybridized carbons (Fsp3) is 0.625. The van der Waals surface area contributed by atoms with Crippen molar-refractivity contribution in [3.05, 3.63) is 48.5 Å². The minimum absolute atomic E-state index is 0.0558. The molecule has 2 aromatic carbocycles. The van der Waals surface area contributed by atoms with Gasteiger partial charge in [0.2, 0.25) is 0 Å². The van der Waals surface area contributed by atoms with E-state index in [0.29, 0.717) is 0 Å². The van der Waals surface area contributed by atoms with Crippen LogP contribution in [0.3, 0.4) is 0 Å². The molecule has 39 heavy (non-hydrogen) atoms. The molecule has 2 aromatic rings. The molecule has 0 aliphatic heterocycles. The Hall–Kier alpha value is 0.0644. The Labute approximate surface area is 253 Å². The zero-order valence-electron chi connectivity index (χ0n) is 27.7. The van der Waals surface area contributed by atoms with Crippen molar-refractivity contribution in [1.29, 1.82) is 0 Å². The molecule has 0 aliphatic carbocycles. The van der Waals surface area contributed by atoms with Gasteiger partial charge in [-0.1, -0.05) is 0 Å². The third kappa shape index (κ3) is 5.60. The third-order valence-electron chi connectivity index (χ3n) is 8.79. The molecule has 0 amide bonds. The van der Waals surface area contributed by atoms with E-state index in [1.807, 2.05) is 0 Å². The van der Waals surface area contributed by atoms with Gasteiger partial charge in [0.1, 0.15) is 0 Å². The van der Waals surface area contributed by atoms with E-state index >= 15 is 0 Å². The number of rotatable bonds is 6. The van der Waals surface area contributed by atoms with Crippen molar-refractivity contribution in [3.63, 3.8) is 0 Å². The van der Waals surface area contributed by atoms with Crippen LogP contribution in [-0.4, -0.2) is 48.8 Å². The van der Waals surface area contributed by atoms with E-state index in [4.69, 9.17) is 19.7 Å². The molecule has 0 aromatic heterocycles. The molecule has 0 atom stereocenters. The van der Waals surface area contributed by atoms with E-state index in [9.17, 15) is 0 Å². The van der Waals surface area contributed by atoms with E-state index in [0.717, 1.165) is 0 Å². The van der Waals surface area contributed by atoms with E-state index in [1.165, 1.54) is 22.0 Å². The number of halogens is 2. The first-order chi connectivity index (χ1) is 17.3. The van der Waals surface area contributed by atoms with Crippen LogP contribution in [-0.2, 0) is 11.2 Å². The van der Waals surface area contributed by atoms with Crippen molar-refractivity contribution in [1.82, 2.24) is 0 Å². The van der Waals surface area contributed by atoms with Gasteiger partial charge >= 0.3 is 255 Å². The second-order valence-corrected chi connectivity index (χ2v) is 50.6. The third-order valence-corrected chi connectivity index (χ3v) is 65.2. The Kier molecular flexibility index (Phi) is 10.2. The molecule has 2 nitrogen and oxygen atoms in total. The van der Waals surface area contributed by atoms with Crippen molar-refractivity contribution < 1.29 is 11.2 Å². The molecule has 0 radical (unpaired) electrons. The summed E-state index contributed by atoms with van der Waals surface area (Å²) in [6.07, 6.45) is 0. The topological polar surface area (TPSA) is 6.48 Å². The summed E-state index contributed by atoms with van der Waals surface area (Å²) < 4.78 is 0. The summed E-state index contributed by atoms with van der Waals surface area (Å²) in [5.74, 6) is 0. The van der Waals surface area contributed by atoms with Crippen LogP contribution in [0.15, 0.2) is 48.5 Å². The van der Waals surface area contributed by atoms with Crippen LogP contribution in [0.1, 0.15) is 83.1 Å². The molecule has 0 spiro atoms. The molecule has 0 saturated heterocycles. The van der Waals surface area contributed by atoms with Gasteiger partial charge in [-0.05, 0) is 0 Å². The SMILES string of the molecule is CN(C)c1ccc([PH](C(C)(C)C)(C(C)(C)C)[V]([Cl])([Cl])[PH](c2ccc(N(C)C)cc2)(C(C)(C)C)C(C)(C)C)cc1. The van der Waals surface area contributed by atoms with Gasteiger partial charge in [0.25, 0.3) is 0 Å². The monoisotopic (exact) mass is 653 g/mol. The van der Waals surface area contributed by atoms with Crippen LogP contribution >= 0.6 is 31.2 Å². The van der Waals surface area contributed by atoms with E-state index < -0.39 is 22.6 Å². The summed E-state index contributed by atoms with van der Waals surface area (Å²) in [4.78, 5) is 4.34. The number of hydrogen-bond donors (Lipinski definition) is 0. The molecule has 225 valence electrons. The Morgan fingerprint density at radius 3 is 0.821 bits per heavy atom. The van der Waals surface area contributed by atoms with Gasteiger partial charge in [0.05, 0.1) is 0 Å². The van der Waals surface area contributed by atoms with Gasteiger partial charge in [-0.2, -0.15) is 0 Å². The van der Waals surface area contributed by atoms with Crippen LogP contribution in [0, 0.1) is 0 Å². The Morgan fingerprint density at radius 2 is 0.667 bits per heavy atom. The normalized spacial score (nSPS) is 15.2. The maximum absolute atomic E-state index is 8.63. The molecular weight excluding hydrogens is 596 g/mol. The summed E-state index contributed by atoms with van der Waals surface area (Å²) in [6, 6.07) is 18.7. The number of anilines is 2. The van der Waals surface area contributed by atoms with Crippen molar-refractivity contribution in [2.45, 2.75) is 104 Å². The van der Waals surface area contributed by atoms with Crippen molar-refractivity contribution in [2.24, 2.45) is 0 Å². The zero-order valence-corrected chi connectivity index (χ0v) is 32.6. The Bertz CT molecular complexity index is 998. The summed E-state index contributed by atoms with van der Waals surface area (Å²) in [5.41, 5.74) is -2.98. The van der Waals surface area contributed by atoms with Gasteiger partial charge in [-0.3, -0.25) is 0 Å². The molecule has 0 bridgehead atoms. The van der Waals surface area contributed by atoms with Gasteiger partial charge in [0.15, 0.2) is 0 Å². The van der Waals surface area contributed by atoms with E-state index in [2.05, 4.69) is 170 Å². The van der Waals surface area contributed by atoms with Crippen LogP contribution in [0.4, 0.5) is 11.4 Å². The van der Waals surface area contributed by atoms with Crippen molar-refractivity contribution in [3.8, 4) is 0 Å². The molecule has 7 heteroatoms. The zero-order chi connectivity index (χ0) is 30.6. The quantitative estimate of drug-likeness (QED) is 0.286. The van der Waals surface area contributed by atoms with E-state index in [1.54, 1.807) is 0 Å². The Balaban J connectivity index is 3.26. The second-order valence-electron chi connectivity index (χ2n) is 15.8. The summed E-state index contributed by atoms with van der Waals surface area (Å²) in [6.45, 7) is 29.2. The van der Waals surface area contributed by atoms with Gasteiger partial charge < -0.3 is 0 Å². The van der Waals surface area contributed by atoms with Crippen LogP contribution in [0.2, 0.25) is 0 Å². The first-order valence-electron chi connectivity index (χ1n) is 14.2. The van der Waals surface area contributed by atoms with Gasteiger partial charge in [0, 0.05) is 0 Å². The number of nitrogens with zero attached hydrogens (tertiary/aromatic N) is 2. The number of benzene rings is 2. The first-order valence-corrected chi connectivity index (χ1v) is 26.1. The predicted octanol–water partition coefficient (Wildman–Crippen LogP) is 9.75. The van der Waals surface area contributed by atoms with Crippen LogP contribution in [0.25, 0.3) is 0 Å². The molecular formula is C32H58Cl2N2P2V. The molecule has 0 N–H and O–H groups in total. The minimum atomic E-state index is -3.71. The fourth-order valence-corrected chi connectivity index (χ4v) is 101. The van der Waals surface area contributed by atoms with Gasteiger partial charge in [-0.25, -0.2) is 0 Å². The molecule has 2 rings (SSSR count). The van der Waals surface area contributed by atoms with Crippen LogP contribution in [0.5, 0.6) is 0 Å². The van der Waals surface area contributed by atoms with Gasteiger partial charge in [-0.15, -0.1) is 0 Å². The Morgan fingerprint density at radius 1 is 0.462 bits per heavy atom. The molecule has 0 heterocycles. The summed E-state index contributed by atoms with van der Waals surface area (Å²) in [5, 5.41) is 2.61. The maximum atomic E-state index is 8.63. The van der Waals surface area contributed by atoms with Crippen molar-refractivity contribution in [2.75, 3.05) is 38.0 Å². The number of hydrogen-bond acceptors (Lipinski definition) is 2. The fourth-order valence-electron chi connectivity index (χ4n) is 8.24. The average molecular weight is 655 g/mol. The summed E-state index contributed by atoms with van der Waals surface area (Å²) >= 11 is -3.71. The molecule has 0 saturated carbocycles. The molecule has 0 aliphatic rings. The van der Waals surface area contributed by atoms with Crippen LogP contribution < -0.4 is 20.4 Å². The standard InChI is InChI=1S/2C16H28NP.2ClH.V/c2*1-15(2,3)18(16(4,5)6)14-11-9-13(10-12-14)17(7)8;;;/h2*9-12H,1-8H3;2*1H;. The second kappa shape index (κ2) is 11.3. The van der Waals surface area contributed by atoms with Crippen molar-refractivity contribution >= 4 is 53.1 Å². The van der Waals surface area contributed by atoms with E-state index in [-0.39, 0.29) is 20.6 Å². The molecule has 0 fully saturated rings. The molecule has 0 unspecified atom stereocenters. The first kappa shape index (κ1) is 35.3. The summed E-state index contributed by atoms with van der Waals surface area (Å²) in [7, 11) is 25.7. The average Bonchev–Trinajstić information content (AvgIpc) is 2.70. The predicted molar refractivity (Wildman–Crippen MR) is 188 cm³/mol.